The van der Waals surface area contributed by atoms with Gasteiger partial charge in [0.2, 0.25) is 0 Å². The van der Waals surface area contributed by atoms with Gasteiger partial charge in [-0.05, 0) is 55.0 Å². The summed E-state index contributed by atoms with van der Waals surface area (Å²) < 4.78 is 11.6. The van der Waals surface area contributed by atoms with E-state index in [0.717, 1.165) is 10.0 Å². The predicted octanol–water partition coefficient (Wildman–Crippen LogP) is 5.36. The predicted molar refractivity (Wildman–Crippen MR) is 117 cm³/mol. The van der Waals surface area contributed by atoms with Crippen molar-refractivity contribution in [1.29, 1.82) is 0 Å². The minimum absolute atomic E-state index is 0.319. The molecule has 6 nitrogen and oxygen atoms in total. The standard InChI is InChI=1S/C23H17BrN2O4/c1-14-11-15(8-9-18(14)24)25-22(27)13-30-23(28)17-12-20(21-7-4-10-29-21)26-19-6-3-2-5-16(17)19/h2-12H,13H2,1H3,(H,25,27). The van der Waals surface area contributed by atoms with Crippen molar-refractivity contribution in [3.8, 4) is 11.5 Å². The maximum Gasteiger partial charge on any atom is 0.339 e. The number of hydrogen-bond acceptors (Lipinski definition) is 5. The summed E-state index contributed by atoms with van der Waals surface area (Å²) in [6.45, 7) is 1.52. The van der Waals surface area contributed by atoms with Crippen molar-refractivity contribution in [3.63, 3.8) is 0 Å². The molecule has 0 bridgehead atoms. The normalized spacial score (nSPS) is 10.7. The van der Waals surface area contributed by atoms with Gasteiger partial charge in [0.15, 0.2) is 12.4 Å². The molecule has 150 valence electrons. The Morgan fingerprint density at radius 3 is 2.70 bits per heavy atom. The van der Waals surface area contributed by atoms with Gasteiger partial charge in [-0.25, -0.2) is 9.78 Å². The third-order valence-electron chi connectivity index (χ3n) is 4.49. The molecule has 0 fully saturated rings. The van der Waals surface area contributed by atoms with E-state index in [1.165, 1.54) is 0 Å². The molecule has 4 rings (SSSR count). The Balaban J connectivity index is 1.52. The van der Waals surface area contributed by atoms with Crippen LogP contribution in [0.25, 0.3) is 22.4 Å². The van der Waals surface area contributed by atoms with Gasteiger partial charge >= 0.3 is 5.97 Å². The average Bonchev–Trinajstić information content (AvgIpc) is 3.29. The van der Waals surface area contributed by atoms with Gasteiger partial charge in [-0.3, -0.25) is 4.79 Å². The summed E-state index contributed by atoms with van der Waals surface area (Å²) in [5, 5.41) is 3.36. The van der Waals surface area contributed by atoms with Crippen LogP contribution in [0.2, 0.25) is 0 Å². The Morgan fingerprint density at radius 2 is 1.93 bits per heavy atom. The van der Waals surface area contributed by atoms with E-state index in [0.29, 0.717) is 33.6 Å². The molecule has 2 heterocycles. The van der Waals surface area contributed by atoms with Gasteiger partial charge in [0.25, 0.3) is 5.91 Å². The van der Waals surface area contributed by atoms with Crippen molar-refractivity contribution < 1.29 is 18.7 Å². The number of anilines is 1. The number of aryl methyl sites for hydroxylation is 1. The van der Waals surface area contributed by atoms with Crippen LogP contribution in [0, 0.1) is 6.92 Å². The molecule has 0 spiro atoms. The number of para-hydroxylation sites is 1. The maximum atomic E-state index is 12.8. The second kappa shape index (κ2) is 8.51. The van der Waals surface area contributed by atoms with Gasteiger partial charge in [-0.15, -0.1) is 0 Å². The molecule has 0 aliphatic rings. The van der Waals surface area contributed by atoms with Crippen LogP contribution in [0.1, 0.15) is 15.9 Å². The van der Waals surface area contributed by atoms with Crippen LogP contribution < -0.4 is 5.32 Å². The SMILES string of the molecule is Cc1cc(NC(=O)COC(=O)c2cc(-c3ccco3)nc3ccccc23)ccc1Br. The number of carbonyl (C=O) groups is 2. The van der Waals surface area contributed by atoms with Gasteiger partial charge in [0, 0.05) is 15.5 Å². The van der Waals surface area contributed by atoms with Gasteiger partial charge < -0.3 is 14.5 Å². The largest absolute Gasteiger partial charge is 0.463 e. The fourth-order valence-electron chi connectivity index (χ4n) is 3.02. The zero-order valence-electron chi connectivity index (χ0n) is 16.0. The first-order valence-electron chi connectivity index (χ1n) is 9.18. The number of benzene rings is 2. The second-order valence-corrected chi connectivity index (χ2v) is 7.49. The smallest absolute Gasteiger partial charge is 0.339 e. The fourth-order valence-corrected chi connectivity index (χ4v) is 3.27. The van der Waals surface area contributed by atoms with Gasteiger partial charge in [-0.2, -0.15) is 0 Å². The number of esters is 1. The first-order chi connectivity index (χ1) is 14.5. The van der Waals surface area contributed by atoms with E-state index in [9.17, 15) is 9.59 Å². The number of carbonyl (C=O) groups excluding carboxylic acids is 2. The molecule has 1 N–H and O–H groups in total. The molecule has 0 radical (unpaired) electrons. The quantitative estimate of drug-likeness (QED) is 0.402. The third-order valence-corrected chi connectivity index (χ3v) is 5.38. The van der Waals surface area contributed by atoms with Crippen LogP contribution >= 0.6 is 15.9 Å². The number of amides is 1. The third kappa shape index (κ3) is 4.26. The van der Waals surface area contributed by atoms with Crippen molar-refractivity contribution in [2.75, 3.05) is 11.9 Å². The summed E-state index contributed by atoms with van der Waals surface area (Å²) in [6, 6.07) is 17.8. The summed E-state index contributed by atoms with van der Waals surface area (Å²) in [7, 11) is 0. The Kier molecular flexibility index (Phi) is 5.63. The number of aromatic nitrogens is 1. The topological polar surface area (TPSA) is 81.4 Å². The number of rotatable bonds is 5. The Bertz CT molecular complexity index is 1240. The molecule has 0 saturated heterocycles. The molecular formula is C23H17BrN2O4. The van der Waals surface area contributed by atoms with Crippen molar-refractivity contribution in [3.05, 3.63) is 82.5 Å². The molecule has 30 heavy (non-hydrogen) atoms. The fraction of sp³-hybridized carbons (Fsp3) is 0.0870. The maximum absolute atomic E-state index is 12.8. The molecule has 1 amide bonds. The van der Waals surface area contributed by atoms with Gasteiger partial charge in [0.1, 0.15) is 5.69 Å². The molecule has 2 aromatic carbocycles. The summed E-state index contributed by atoms with van der Waals surface area (Å²) in [6.07, 6.45) is 1.54. The second-order valence-electron chi connectivity index (χ2n) is 6.64. The number of pyridine rings is 1. The summed E-state index contributed by atoms with van der Waals surface area (Å²) in [5.74, 6) is -0.489. The van der Waals surface area contributed by atoms with Crippen molar-refractivity contribution in [2.45, 2.75) is 6.92 Å². The summed E-state index contributed by atoms with van der Waals surface area (Å²) in [4.78, 5) is 29.5. The van der Waals surface area contributed by atoms with Crippen molar-refractivity contribution in [1.82, 2.24) is 4.98 Å². The molecule has 2 aromatic heterocycles. The van der Waals surface area contributed by atoms with E-state index in [-0.39, 0.29) is 0 Å². The minimum Gasteiger partial charge on any atom is -0.463 e. The zero-order valence-corrected chi connectivity index (χ0v) is 17.6. The van der Waals surface area contributed by atoms with E-state index >= 15 is 0 Å². The Morgan fingerprint density at radius 1 is 1.10 bits per heavy atom. The summed E-state index contributed by atoms with van der Waals surface area (Å²) >= 11 is 3.42. The van der Waals surface area contributed by atoms with E-state index in [1.807, 2.05) is 31.2 Å². The van der Waals surface area contributed by atoms with Gasteiger partial charge in [0.05, 0.1) is 17.3 Å². The lowest BCUT2D eigenvalue weighted by atomic mass is 10.1. The summed E-state index contributed by atoms with van der Waals surface area (Å²) in [5.41, 5.74) is 3.08. The molecule has 0 saturated carbocycles. The first-order valence-corrected chi connectivity index (χ1v) is 9.97. The molecule has 0 aliphatic carbocycles. The van der Waals surface area contributed by atoms with Crippen LogP contribution in [0.3, 0.4) is 0 Å². The first kappa shape index (κ1) is 19.8. The molecule has 0 unspecified atom stereocenters. The van der Waals surface area contributed by atoms with Gasteiger partial charge in [-0.1, -0.05) is 34.1 Å². The Labute approximate surface area is 181 Å². The number of nitrogens with zero attached hydrogens (tertiary/aromatic N) is 1. The van der Waals surface area contributed by atoms with Crippen molar-refractivity contribution >= 4 is 44.4 Å². The number of halogens is 1. The van der Waals surface area contributed by atoms with E-state index in [1.54, 1.807) is 42.7 Å². The van der Waals surface area contributed by atoms with Crippen LogP contribution in [0.15, 0.2) is 75.8 Å². The zero-order chi connectivity index (χ0) is 21.1. The molecule has 7 heteroatoms. The van der Waals surface area contributed by atoms with Crippen LogP contribution in [0.4, 0.5) is 5.69 Å². The number of nitrogens with one attached hydrogen (secondary N) is 1. The lowest BCUT2D eigenvalue weighted by molar-refractivity contribution is -0.119. The molecule has 4 aromatic rings. The van der Waals surface area contributed by atoms with E-state index in [2.05, 4.69) is 26.2 Å². The highest BCUT2D eigenvalue weighted by Crippen LogP contribution is 2.26. The molecule has 0 aliphatic heterocycles. The highest BCUT2D eigenvalue weighted by Gasteiger charge is 2.17. The monoisotopic (exact) mass is 464 g/mol. The van der Waals surface area contributed by atoms with Crippen LogP contribution in [-0.4, -0.2) is 23.5 Å². The highest BCUT2D eigenvalue weighted by atomic mass is 79.9. The molecular weight excluding hydrogens is 448 g/mol. The highest BCUT2D eigenvalue weighted by molar-refractivity contribution is 9.10. The molecule has 0 atom stereocenters. The lowest BCUT2D eigenvalue weighted by Gasteiger charge is -2.10. The average molecular weight is 465 g/mol. The number of fused-ring (bicyclic) bond motifs is 1. The number of furan rings is 1. The Hall–Kier alpha value is -3.45. The number of hydrogen-bond donors (Lipinski definition) is 1. The minimum atomic E-state index is -0.608. The van der Waals surface area contributed by atoms with E-state index < -0.39 is 18.5 Å². The van der Waals surface area contributed by atoms with Crippen molar-refractivity contribution in [2.24, 2.45) is 0 Å². The van der Waals surface area contributed by atoms with E-state index in [4.69, 9.17) is 9.15 Å². The lowest BCUT2D eigenvalue weighted by Crippen LogP contribution is -2.21. The van der Waals surface area contributed by atoms with Crippen LogP contribution in [-0.2, 0) is 9.53 Å². The number of ether oxygens (including phenoxy) is 1. The van der Waals surface area contributed by atoms with Crippen LogP contribution in [0.5, 0.6) is 0 Å².